The van der Waals surface area contributed by atoms with Crippen LogP contribution < -0.4 is 5.32 Å². The fourth-order valence-electron chi connectivity index (χ4n) is 1.67. The average Bonchev–Trinajstić information content (AvgIpc) is 2.80. The summed E-state index contributed by atoms with van der Waals surface area (Å²) in [6.45, 7) is 4.28. The third kappa shape index (κ3) is 2.54. The molecule has 1 aliphatic rings. The Hall–Kier alpha value is -1.50. The molecule has 0 unspecified atom stereocenters. The molecule has 1 aliphatic heterocycles. The van der Waals surface area contributed by atoms with Crippen molar-refractivity contribution < 1.29 is 9.53 Å². The van der Waals surface area contributed by atoms with Gasteiger partial charge in [0.25, 0.3) is 11.7 Å². The second-order valence-corrected chi connectivity index (χ2v) is 4.34. The molecule has 0 aliphatic carbocycles. The number of aromatic nitrogens is 4. The van der Waals surface area contributed by atoms with Crippen LogP contribution in [0.15, 0.2) is 0 Å². The van der Waals surface area contributed by atoms with E-state index in [-0.39, 0.29) is 17.1 Å². The lowest BCUT2D eigenvalue weighted by Crippen LogP contribution is -2.39. The topological polar surface area (TPSA) is 92.8 Å². The molecule has 7 heteroatoms. The Kier molecular flexibility index (Phi) is 3.14. The minimum atomic E-state index is -0.290. The predicted octanol–water partition coefficient (Wildman–Crippen LogP) is -0.254. The number of rotatable bonds is 3. The van der Waals surface area contributed by atoms with Crippen LogP contribution in [-0.2, 0) is 4.74 Å². The average molecular weight is 225 g/mol. The van der Waals surface area contributed by atoms with Crippen molar-refractivity contribution in [3.05, 3.63) is 5.82 Å². The van der Waals surface area contributed by atoms with E-state index in [1.807, 2.05) is 0 Å². The van der Waals surface area contributed by atoms with Gasteiger partial charge in [-0.15, -0.1) is 10.2 Å². The van der Waals surface area contributed by atoms with Crippen molar-refractivity contribution in [3.63, 3.8) is 0 Å². The summed E-state index contributed by atoms with van der Waals surface area (Å²) in [6, 6.07) is 0. The number of hydrogen-bond donors (Lipinski definition) is 2. The Morgan fingerprint density at radius 2 is 2.31 bits per heavy atom. The number of ether oxygens (including phenoxy) is 1. The number of carbonyl (C=O) groups excluding carboxylic acids is 1. The maximum Gasteiger partial charge on any atom is 0.292 e. The van der Waals surface area contributed by atoms with Crippen LogP contribution in [0.2, 0.25) is 0 Å². The first-order chi connectivity index (χ1) is 7.70. The summed E-state index contributed by atoms with van der Waals surface area (Å²) in [7, 11) is 0. The molecule has 0 radical (unpaired) electrons. The molecule has 1 fully saturated rings. The Labute approximate surface area is 92.9 Å². The van der Waals surface area contributed by atoms with Gasteiger partial charge in [-0.3, -0.25) is 4.79 Å². The van der Waals surface area contributed by atoms with Crippen molar-refractivity contribution in [1.29, 1.82) is 0 Å². The molecule has 0 saturated carbocycles. The van der Waals surface area contributed by atoms with Gasteiger partial charge in [-0.1, -0.05) is 6.92 Å². The number of amides is 1. The molecular formula is C9H15N5O2. The Balaban J connectivity index is 1.84. The standard InChI is InChI=1S/C9H15N5O2/c1-9(2-4-16-5-3-9)6-10-8(15)7-11-13-14-12-7/h2-6H2,1H3,(H,10,15)(H,11,12,13,14). The first-order valence-electron chi connectivity index (χ1n) is 5.29. The number of nitrogens with zero attached hydrogens (tertiary/aromatic N) is 3. The van der Waals surface area contributed by atoms with E-state index in [1.165, 1.54) is 0 Å². The number of carbonyl (C=O) groups is 1. The van der Waals surface area contributed by atoms with Crippen LogP contribution in [0.4, 0.5) is 0 Å². The summed E-state index contributed by atoms with van der Waals surface area (Å²) in [4.78, 5) is 11.6. The van der Waals surface area contributed by atoms with Crippen molar-refractivity contribution in [2.45, 2.75) is 19.8 Å². The van der Waals surface area contributed by atoms with Crippen molar-refractivity contribution in [3.8, 4) is 0 Å². The van der Waals surface area contributed by atoms with Crippen LogP contribution in [0.5, 0.6) is 0 Å². The third-order valence-corrected chi connectivity index (χ3v) is 2.92. The maximum absolute atomic E-state index is 11.6. The number of hydrogen-bond acceptors (Lipinski definition) is 5. The third-order valence-electron chi connectivity index (χ3n) is 2.92. The lowest BCUT2D eigenvalue weighted by Gasteiger charge is -2.33. The van der Waals surface area contributed by atoms with E-state index in [0.717, 1.165) is 26.1 Å². The summed E-state index contributed by atoms with van der Waals surface area (Å²) in [5.74, 6) is -0.211. The number of H-pyrrole nitrogens is 1. The van der Waals surface area contributed by atoms with Crippen molar-refractivity contribution in [1.82, 2.24) is 25.9 Å². The molecule has 0 aromatic carbocycles. The van der Waals surface area contributed by atoms with Gasteiger partial charge >= 0.3 is 0 Å². The quantitative estimate of drug-likeness (QED) is 0.739. The van der Waals surface area contributed by atoms with Gasteiger partial charge < -0.3 is 10.1 Å². The summed E-state index contributed by atoms with van der Waals surface area (Å²) in [5, 5.41) is 15.6. The van der Waals surface area contributed by atoms with E-state index >= 15 is 0 Å². The van der Waals surface area contributed by atoms with Gasteiger partial charge in [0.15, 0.2) is 0 Å². The molecule has 0 spiro atoms. The fraction of sp³-hybridized carbons (Fsp3) is 0.778. The monoisotopic (exact) mass is 225 g/mol. The first-order valence-corrected chi connectivity index (χ1v) is 5.29. The number of tetrazole rings is 1. The molecule has 2 heterocycles. The zero-order valence-electron chi connectivity index (χ0n) is 9.19. The maximum atomic E-state index is 11.6. The molecule has 2 rings (SSSR count). The van der Waals surface area contributed by atoms with Crippen molar-refractivity contribution in [2.24, 2.45) is 5.41 Å². The molecule has 2 N–H and O–H groups in total. The molecule has 7 nitrogen and oxygen atoms in total. The normalized spacial score (nSPS) is 19.3. The van der Waals surface area contributed by atoms with Crippen LogP contribution in [0, 0.1) is 5.41 Å². The van der Waals surface area contributed by atoms with Gasteiger partial charge in [-0.2, -0.15) is 5.21 Å². The Morgan fingerprint density at radius 3 is 2.94 bits per heavy atom. The largest absolute Gasteiger partial charge is 0.381 e. The van der Waals surface area contributed by atoms with E-state index in [9.17, 15) is 4.79 Å². The van der Waals surface area contributed by atoms with Crippen LogP contribution in [-0.4, -0.2) is 46.3 Å². The summed E-state index contributed by atoms with van der Waals surface area (Å²) >= 11 is 0. The number of aromatic amines is 1. The number of nitrogens with one attached hydrogen (secondary N) is 2. The van der Waals surface area contributed by atoms with E-state index in [1.54, 1.807) is 0 Å². The Bertz CT molecular complexity index is 345. The van der Waals surface area contributed by atoms with E-state index < -0.39 is 0 Å². The molecule has 1 amide bonds. The molecule has 16 heavy (non-hydrogen) atoms. The van der Waals surface area contributed by atoms with Crippen LogP contribution >= 0.6 is 0 Å². The van der Waals surface area contributed by atoms with Gasteiger partial charge in [0.2, 0.25) is 0 Å². The minimum absolute atomic E-state index is 0.0793. The molecule has 0 atom stereocenters. The molecule has 1 aromatic heterocycles. The fourth-order valence-corrected chi connectivity index (χ4v) is 1.67. The summed E-state index contributed by atoms with van der Waals surface area (Å²) in [6.07, 6.45) is 1.92. The highest BCUT2D eigenvalue weighted by molar-refractivity contribution is 5.90. The van der Waals surface area contributed by atoms with Crippen LogP contribution in [0.25, 0.3) is 0 Å². The zero-order valence-corrected chi connectivity index (χ0v) is 9.19. The van der Waals surface area contributed by atoms with E-state index in [0.29, 0.717) is 6.54 Å². The molecule has 1 aromatic rings. The highest BCUT2D eigenvalue weighted by Crippen LogP contribution is 2.28. The molecule has 88 valence electrons. The lowest BCUT2D eigenvalue weighted by atomic mass is 9.82. The molecule has 1 saturated heterocycles. The van der Waals surface area contributed by atoms with Gasteiger partial charge in [-0.25, -0.2) is 0 Å². The van der Waals surface area contributed by atoms with Crippen LogP contribution in [0.3, 0.4) is 0 Å². The summed E-state index contributed by atoms with van der Waals surface area (Å²) < 4.78 is 5.29. The zero-order chi connectivity index (χ0) is 11.4. The Morgan fingerprint density at radius 1 is 1.56 bits per heavy atom. The van der Waals surface area contributed by atoms with Crippen LogP contribution in [0.1, 0.15) is 30.4 Å². The van der Waals surface area contributed by atoms with Gasteiger partial charge in [0, 0.05) is 19.8 Å². The SMILES string of the molecule is CC1(CNC(=O)c2nn[nH]n2)CCOCC1. The molecular weight excluding hydrogens is 210 g/mol. The minimum Gasteiger partial charge on any atom is -0.381 e. The van der Waals surface area contributed by atoms with Crippen molar-refractivity contribution >= 4 is 5.91 Å². The molecule has 0 bridgehead atoms. The van der Waals surface area contributed by atoms with Crippen molar-refractivity contribution in [2.75, 3.05) is 19.8 Å². The van der Waals surface area contributed by atoms with Gasteiger partial charge in [0.1, 0.15) is 0 Å². The highest BCUT2D eigenvalue weighted by atomic mass is 16.5. The van der Waals surface area contributed by atoms with E-state index in [4.69, 9.17) is 4.74 Å². The van der Waals surface area contributed by atoms with Gasteiger partial charge in [-0.05, 0) is 23.5 Å². The smallest absolute Gasteiger partial charge is 0.292 e. The highest BCUT2D eigenvalue weighted by Gasteiger charge is 2.28. The lowest BCUT2D eigenvalue weighted by molar-refractivity contribution is 0.0238. The van der Waals surface area contributed by atoms with Gasteiger partial charge in [0.05, 0.1) is 0 Å². The second kappa shape index (κ2) is 4.56. The second-order valence-electron chi connectivity index (χ2n) is 4.34. The van der Waals surface area contributed by atoms with E-state index in [2.05, 4.69) is 32.9 Å². The summed E-state index contributed by atoms with van der Waals surface area (Å²) in [5.41, 5.74) is 0.109. The first kappa shape index (κ1) is 11.0. The predicted molar refractivity (Wildman–Crippen MR) is 54.7 cm³/mol.